The van der Waals surface area contributed by atoms with Gasteiger partial charge in [0.25, 0.3) is 0 Å². The largest absolute Gasteiger partial charge is 0.355 e. The summed E-state index contributed by atoms with van der Waals surface area (Å²) >= 11 is 0. The van der Waals surface area contributed by atoms with Crippen LogP contribution in [0.1, 0.15) is 65.7 Å². The smallest absolute Gasteiger partial charge is 0.236 e. The van der Waals surface area contributed by atoms with E-state index >= 15 is 0 Å². The van der Waals surface area contributed by atoms with E-state index in [1.807, 2.05) is 0 Å². The van der Waals surface area contributed by atoms with Crippen LogP contribution < -0.4 is 32.7 Å². The maximum absolute atomic E-state index is 12.0. The maximum atomic E-state index is 12.0. The molecule has 0 fully saturated rings. The Morgan fingerprint density at radius 1 is 0.786 bits per heavy atom. The molecule has 0 heterocycles. The average molecular weight is 401 g/mol. The summed E-state index contributed by atoms with van der Waals surface area (Å²) in [4.78, 5) is 12.0. The second kappa shape index (κ2) is 18.3. The van der Waals surface area contributed by atoms with Gasteiger partial charge in [-0.25, -0.2) is 0 Å². The van der Waals surface area contributed by atoms with Crippen molar-refractivity contribution >= 4 is 5.91 Å². The fraction of sp³-hybridized carbons (Fsp3) is 0.952. The molecule has 0 aromatic rings. The van der Waals surface area contributed by atoms with Crippen LogP contribution in [-0.4, -0.2) is 64.3 Å². The lowest BCUT2D eigenvalue weighted by Crippen LogP contribution is -2.41. The quantitative estimate of drug-likeness (QED) is 0.180. The van der Waals surface area contributed by atoms with Gasteiger partial charge in [-0.05, 0) is 89.8 Å². The van der Waals surface area contributed by atoms with Crippen molar-refractivity contribution in [1.29, 1.82) is 0 Å². The molecule has 0 rings (SSSR count). The third-order valence-electron chi connectivity index (χ3n) is 4.46. The van der Waals surface area contributed by atoms with Gasteiger partial charge < -0.3 is 32.7 Å². The summed E-state index contributed by atoms with van der Waals surface area (Å²) in [6, 6.07) is -0.387. The Morgan fingerprint density at radius 3 is 1.93 bits per heavy atom. The van der Waals surface area contributed by atoms with E-state index in [1.54, 1.807) is 0 Å². The molecular formula is C21H48N6O. The standard InChI is InChI=1S/C21H48N6O/c1-21(2,3)18-26-14-5-4-10-19(23)20(28)27-17-9-16-25-13-7-6-12-24-15-8-11-22/h19,24-26H,4-18,22-23H2,1-3H3,(H,27,28). The van der Waals surface area contributed by atoms with Gasteiger partial charge in [0.05, 0.1) is 6.04 Å². The molecule has 1 amide bonds. The molecule has 0 aliphatic rings. The molecule has 168 valence electrons. The van der Waals surface area contributed by atoms with Gasteiger partial charge in [-0.15, -0.1) is 0 Å². The molecule has 0 aromatic carbocycles. The highest BCUT2D eigenvalue weighted by Gasteiger charge is 2.12. The van der Waals surface area contributed by atoms with E-state index in [4.69, 9.17) is 11.5 Å². The zero-order chi connectivity index (χ0) is 21.1. The van der Waals surface area contributed by atoms with Crippen LogP contribution in [0, 0.1) is 5.41 Å². The molecule has 8 N–H and O–H groups in total. The van der Waals surface area contributed by atoms with E-state index in [1.165, 1.54) is 6.42 Å². The molecule has 0 aromatic heterocycles. The van der Waals surface area contributed by atoms with Crippen molar-refractivity contribution in [3.05, 3.63) is 0 Å². The second-order valence-corrected chi connectivity index (χ2v) is 8.83. The van der Waals surface area contributed by atoms with Gasteiger partial charge in [-0.1, -0.05) is 27.2 Å². The van der Waals surface area contributed by atoms with Crippen molar-refractivity contribution in [3.8, 4) is 0 Å². The summed E-state index contributed by atoms with van der Waals surface area (Å²) in [5, 5.41) is 13.2. The minimum atomic E-state index is -0.387. The van der Waals surface area contributed by atoms with E-state index < -0.39 is 0 Å². The highest BCUT2D eigenvalue weighted by molar-refractivity contribution is 5.81. The summed E-state index contributed by atoms with van der Waals surface area (Å²) in [6.07, 6.45) is 7.11. The Labute approximate surface area is 173 Å². The molecule has 0 spiro atoms. The Hall–Kier alpha value is -0.730. The predicted molar refractivity (Wildman–Crippen MR) is 120 cm³/mol. The summed E-state index contributed by atoms with van der Waals surface area (Å²) < 4.78 is 0. The summed E-state index contributed by atoms with van der Waals surface area (Å²) in [6.45, 7) is 14.1. The first-order chi connectivity index (χ1) is 13.4. The molecule has 0 saturated heterocycles. The SMILES string of the molecule is CC(C)(C)CNCCCCC(N)C(=O)NCCCNCCCCNCCCN. The number of carbonyl (C=O) groups excluding carboxylic acids is 1. The van der Waals surface area contributed by atoms with E-state index in [2.05, 4.69) is 42.0 Å². The number of rotatable bonds is 19. The van der Waals surface area contributed by atoms with Gasteiger partial charge in [-0.3, -0.25) is 4.79 Å². The normalized spacial score (nSPS) is 12.9. The summed E-state index contributed by atoms with van der Waals surface area (Å²) in [5.74, 6) is -0.0220. The molecule has 28 heavy (non-hydrogen) atoms. The van der Waals surface area contributed by atoms with Crippen LogP contribution in [0.2, 0.25) is 0 Å². The van der Waals surface area contributed by atoms with Gasteiger partial charge in [0.1, 0.15) is 0 Å². The number of unbranched alkanes of at least 4 members (excludes halogenated alkanes) is 2. The maximum Gasteiger partial charge on any atom is 0.236 e. The van der Waals surface area contributed by atoms with Crippen LogP contribution in [0.25, 0.3) is 0 Å². The molecule has 0 aliphatic carbocycles. The van der Waals surface area contributed by atoms with Gasteiger partial charge in [0, 0.05) is 6.54 Å². The fourth-order valence-electron chi connectivity index (χ4n) is 2.74. The van der Waals surface area contributed by atoms with Crippen molar-refractivity contribution in [2.75, 3.05) is 52.4 Å². The average Bonchev–Trinajstić information content (AvgIpc) is 2.64. The van der Waals surface area contributed by atoms with Crippen LogP contribution >= 0.6 is 0 Å². The van der Waals surface area contributed by atoms with Crippen molar-refractivity contribution in [3.63, 3.8) is 0 Å². The van der Waals surface area contributed by atoms with Crippen molar-refractivity contribution in [1.82, 2.24) is 21.3 Å². The molecular weight excluding hydrogens is 352 g/mol. The highest BCUT2D eigenvalue weighted by Crippen LogP contribution is 2.10. The third-order valence-corrected chi connectivity index (χ3v) is 4.46. The van der Waals surface area contributed by atoms with Crippen molar-refractivity contribution in [2.24, 2.45) is 16.9 Å². The first-order valence-electron chi connectivity index (χ1n) is 11.2. The van der Waals surface area contributed by atoms with Gasteiger partial charge >= 0.3 is 0 Å². The van der Waals surface area contributed by atoms with Gasteiger partial charge in [0.2, 0.25) is 5.91 Å². The number of hydrogen-bond acceptors (Lipinski definition) is 6. The minimum Gasteiger partial charge on any atom is -0.355 e. The summed E-state index contributed by atoms with van der Waals surface area (Å²) in [5.41, 5.74) is 11.7. The first kappa shape index (κ1) is 27.3. The molecule has 0 radical (unpaired) electrons. The Bertz CT molecular complexity index is 359. The van der Waals surface area contributed by atoms with Crippen LogP contribution in [0.15, 0.2) is 0 Å². The Balaban J connectivity index is 3.37. The molecule has 7 nitrogen and oxygen atoms in total. The van der Waals surface area contributed by atoms with Crippen LogP contribution in [0.3, 0.4) is 0 Å². The van der Waals surface area contributed by atoms with E-state index in [-0.39, 0.29) is 11.9 Å². The highest BCUT2D eigenvalue weighted by atomic mass is 16.2. The monoisotopic (exact) mass is 400 g/mol. The van der Waals surface area contributed by atoms with Crippen LogP contribution in [-0.2, 0) is 4.79 Å². The lowest BCUT2D eigenvalue weighted by Gasteiger charge is -2.18. The van der Waals surface area contributed by atoms with Crippen LogP contribution in [0.4, 0.5) is 0 Å². The number of hydrogen-bond donors (Lipinski definition) is 6. The molecule has 7 heteroatoms. The van der Waals surface area contributed by atoms with Gasteiger partial charge in [-0.2, -0.15) is 0 Å². The molecule has 0 bridgehead atoms. The number of amides is 1. The lowest BCUT2D eigenvalue weighted by atomic mass is 9.97. The number of nitrogens with two attached hydrogens (primary N) is 2. The van der Waals surface area contributed by atoms with Crippen molar-refractivity contribution < 1.29 is 4.79 Å². The molecule has 1 unspecified atom stereocenters. The van der Waals surface area contributed by atoms with Crippen LogP contribution in [0.5, 0.6) is 0 Å². The lowest BCUT2D eigenvalue weighted by molar-refractivity contribution is -0.122. The van der Waals surface area contributed by atoms with E-state index in [0.717, 1.165) is 84.3 Å². The van der Waals surface area contributed by atoms with E-state index in [9.17, 15) is 4.79 Å². The Morgan fingerprint density at radius 2 is 1.32 bits per heavy atom. The number of nitrogens with one attached hydrogen (secondary N) is 4. The minimum absolute atomic E-state index is 0.0220. The zero-order valence-corrected chi connectivity index (χ0v) is 18.7. The Kier molecular flexibility index (Phi) is 17.8. The molecule has 0 aliphatic heterocycles. The van der Waals surface area contributed by atoms with E-state index in [0.29, 0.717) is 12.0 Å². The molecule has 0 saturated carbocycles. The number of carbonyl (C=O) groups is 1. The summed E-state index contributed by atoms with van der Waals surface area (Å²) in [7, 11) is 0. The third kappa shape index (κ3) is 20.0. The van der Waals surface area contributed by atoms with Gasteiger partial charge in [0.15, 0.2) is 0 Å². The van der Waals surface area contributed by atoms with Crippen molar-refractivity contribution in [2.45, 2.75) is 71.8 Å². The fourth-order valence-corrected chi connectivity index (χ4v) is 2.74. The topological polar surface area (TPSA) is 117 Å². The zero-order valence-electron chi connectivity index (χ0n) is 18.7. The predicted octanol–water partition coefficient (Wildman–Crippen LogP) is 0.934. The first-order valence-corrected chi connectivity index (χ1v) is 11.2. The molecule has 1 atom stereocenters. The second-order valence-electron chi connectivity index (χ2n) is 8.83.